The van der Waals surface area contributed by atoms with Crippen molar-refractivity contribution in [3.8, 4) is 11.4 Å². The monoisotopic (exact) mass is 268 g/mol. The number of hydrogen-bond acceptors (Lipinski definition) is 4. The van der Waals surface area contributed by atoms with Gasteiger partial charge in [-0.3, -0.25) is 0 Å². The number of nitrogens with one attached hydrogen (secondary N) is 1. The summed E-state index contributed by atoms with van der Waals surface area (Å²) in [4.78, 5) is 11.4. The van der Waals surface area contributed by atoms with E-state index in [2.05, 4.69) is 15.5 Å². The Balaban J connectivity index is 1.71. The summed E-state index contributed by atoms with van der Waals surface area (Å²) in [7, 11) is 0. The van der Waals surface area contributed by atoms with Gasteiger partial charge in [0.1, 0.15) is 12.4 Å². The van der Waals surface area contributed by atoms with Crippen molar-refractivity contribution in [3.05, 3.63) is 70.6 Å². The van der Waals surface area contributed by atoms with Gasteiger partial charge in [-0.05, 0) is 40.3 Å². The van der Waals surface area contributed by atoms with E-state index >= 15 is 0 Å². The van der Waals surface area contributed by atoms with Gasteiger partial charge in [0, 0.05) is 0 Å². The molecule has 2 aromatic carbocycles. The van der Waals surface area contributed by atoms with Crippen molar-refractivity contribution >= 4 is 0 Å². The van der Waals surface area contributed by atoms with Crippen molar-refractivity contribution < 1.29 is 4.74 Å². The molecule has 1 heterocycles. The minimum atomic E-state index is -0.372. The highest BCUT2D eigenvalue weighted by Gasteiger charge is 2.03. The molecule has 0 unspecified atom stereocenters. The lowest BCUT2D eigenvalue weighted by molar-refractivity contribution is 0.306. The predicted molar refractivity (Wildman–Crippen MR) is 72.8 cm³/mol. The Kier molecular flexibility index (Phi) is 3.28. The zero-order chi connectivity index (χ0) is 13.8. The van der Waals surface area contributed by atoms with Crippen molar-refractivity contribution in [1.29, 1.82) is 0 Å². The highest BCUT2D eigenvalue weighted by molar-refractivity contribution is 5.36. The third-order valence-corrected chi connectivity index (χ3v) is 2.80. The fourth-order valence-electron chi connectivity index (χ4n) is 1.79. The van der Waals surface area contributed by atoms with Crippen LogP contribution in [0.4, 0.5) is 0 Å². The second-order valence-electron chi connectivity index (χ2n) is 4.19. The molecule has 0 atom stereocenters. The van der Waals surface area contributed by atoms with E-state index in [-0.39, 0.29) is 5.69 Å². The Bertz CT molecular complexity index is 732. The summed E-state index contributed by atoms with van der Waals surface area (Å²) in [5, 5.41) is 9.35. The van der Waals surface area contributed by atoms with E-state index in [0.717, 1.165) is 11.3 Å². The average molecular weight is 268 g/mol. The lowest BCUT2D eigenvalue weighted by atomic mass is 10.2. The molecule has 3 aromatic rings. The van der Waals surface area contributed by atoms with E-state index in [1.807, 2.05) is 30.3 Å². The summed E-state index contributed by atoms with van der Waals surface area (Å²) in [6.07, 6.45) is 0. The molecule has 0 spiro atoms. The van der Waals surface area contributed by atoms with Crippen LogP contribution in [0.2, 0.25) is 0 Å². The quantitative estimate of drug-likeness (QED) is 0.779. The van der Waals surface area contributed by atoms with Gasteiger partial charge in [0.05, 0.1) is 5.69 Å². The predicted octanol–water partition coefficient (Wildman–Crippen LogP) is 1.53. The summed E-state index contributed by atoms with van der Waals surface area (Å²) in [5.74, 6) is 0.731. The molecule has 0 aliphatic rings. The third-order valence-electron chi connectivity index (χ3n) is 2.80. The molecule has 0 aliphatic carbocycles. The molecule has 6 heteroatoms. The first-order valence-corrected chi connectivity index (χ1v) is 6.10. The van der Waals surface area contributed by atoms with Crippen LogP contribution in [-0.2, 0) is 6.61 Å². The second kappa shape index (κ2) is 5.40. The molecule has 3 rings (SSSR count). The zero-order valence-corrected chi connectivity index (χ0v) is 10.6. The minimum Gasteiger partial charge on any atom is -0.489 e. The lowest BCUT2D eigenvalue weighted by Gasteiger charge is -2.06. The maximum atomic E-state index is 11.4. The van der Waals surface area contributed by atoms with Crippen LogP contribution in [0.25, 0.3) is 5.69 Å². The largest absolute Gasteiger partial charge is 0.489 e. The zero-order valence-electron chi connectivity index (χ0n) is 10.6. The fourth-order valence-corrected chi connectivity index (χ4v) is 1.79. The maximum Gasteiger partial charge on any atom is 0.365 e. The number of H-pyrrole nitrogens is 1. The number of aromatic nitrogens is 4. The van der Waals surface area contributed by atoms with Gasteiger partial charge in [-0.1, -0.05) is 30.3 Å². The van der Waals surface area contributed by atoms with Gasteiger partial charge in [-0.15, -0.1) is 0 Å². The van der Waals surface area contributed by atoms with Crippen LogP contribution in [0.1, 0.15) is 5.56 Å². The van der Waals surface area contributed by atoms with Crippen molar-refractivity contribution in [2.75, 3.05) is 0 Å². The molecule has 0 saturated heterocycles. The highest BCUT2D eigenvalue weighted by Crippen LogP contribution is 2.15. The van der Waals surface area contributed by atoms with E-state index in [4.69, 9.17) is 4.74 Å². The molecule has 0 bridgehead atoms. The summed E-state index contributed by atoms with van der Waals surface area (Å²) >= 11 is 0. The van der Waals surface area contributed by atoms with Crippen LogP contribution < -0.4 is 10.4 Å². The van der Waals surface area contributed by atoms with Crippen molar-refractivity contribution in [2.45, 2.75) is 6.61 Å². The summed E-state index contributed by atoms with van der Waals surface area (Å²) in [5.41, 5.74) is 1.36. The maximum absolute atomic E-state index is 11.4. The topological polar surface area (TPSA) is 72.8 Å². The Morgan fingerprint density at radius 3 is 2.45 bits per heavy atom. The van der Waals surface area contributed by atoms with Crippen LogP contribution in [-0.4, -0.2) is 20.2 Å². The standard InChI is InChI=1S/C14H12N4O2/c19-14-15-16-17-18(14)12-6-8-13(9-7-12)20-10-11-4-2-1-3-5-11/h1-9H,10H2,(H,15,17,19). The number of rotatable bonds is 4. The number of ether oxygens (including phenoxy) is 1. The van der Waals surface area contributed by atoms with Gasteiger partial charge >= 0.3 is 5.69 Å². The Labute approximate surface area is 114 Å². The van der Waals surface area contributed by atoms with Crippen molar-refractivity contribution in [2.24, 2.45) is 0 Å². The van der Waals surface area contributed by atoms with Crippen molar-refractivity contribution in [3.63, 3.8) is 0 Å². The van der Waals surface area contributed by atoms with Crippen LogP contribution in [0.15, 0.2) is 59.4 Å². The van der Waals surface area contributed by atoms with E-state index in [1.165, 1.54) is 4.68 Å². The van der Waals surface area contributed by atoms with E-state index < -0.39 is 0 Å². The molecule has 1 N–H and O–H groups in total. The molecule has 0 aliphatic heterocycles. The fraction of sp³-hybridized carbons (Fsp3) is 0.0714. The number of nitrogens with zero attached hydrogens (tertiary/aromatic N) is 3. The third kappa shape index (κ3) is 2.59. The smallest absolute Gasteiger partial charge is 0.365 e. The molecule has 20 heavy (non-hydrogen) atoms. The molecule has 6 nitrogen and oxygen atoms in total. The van der Waals surface area contributed by atoms with Gasteiger partial charge < -0.3 is 4.74 Å². The molecule has 1 aromatic heterocycles. The Morgan fingerprint density at radius 1 is 1.05 bits per heavy atom. The normalized spacial score (nSPS) is 10.4. The number of tetrazole rings is 1. The number of benzene rings is 2. The van der Waals surface area contributed by atoms with Gasteiger partial charge in [0.2, 0.25) is 0 Å². The number of aromatic amines is 1. The summed E-state index contributed by atoms with van der Waals surface area (Å²) in [6.45, 7) is 0.504. The minimum absolute atomic E-state index is 0.372. The van der Waals surface area contributed by atoms with E-state index in [0.29, 0.717) is 12.3 Å². The molecule has 0 amide bonds. The average Bonchev–Trinajstić information content (AvgIpc) is 2.93. The van der Waals surface area contributed by atoms with Gasteiger partial charge in [-0.25, -0.2) is 9.89 Å². The molecule has 100 valence electrons. The summed E-state index contributed by atoms with van der Waals surface area (Å²) < 4.78 is 6.84. The SMILES string of the molecule is O=c1[nH]nnn1-c1ccc(OCc2ccccc2)cc1. The number of hydrogen-bond donors (Lipinski definition) is 1. The van der Waals surface area contributed by atoms with Crippen molar-refractivity contribution in [1.82, 2.24) is 20.2 Å². The van der Waals surface area contributed by atoms with Gasteiger partial charge in [0.15, 0.2) is 0 Å². The molecule has 0 saturated carbocycles. The molecular weight excluding hydrogens is 256 g/mol. The molecule has 0 fully saturated rings. The lowest BCUT2D eigenvalue weighted by Crippen LogP contribution is -2.15. The first-order valence-electron chi connectivity index (χ1n) is 6.10. The van der Waals surface area contributed by atoms with Crippen LogP contribution in [0, 0.1) is 0 Å². The highest BCUT2D eigenvalue weighted by atomic mass is 16.5. The Hall–Kier alpha value is -2.89. The van der Waals surface area contributed by atoms with Gasteiger partial charge in [-0.2, -0.15) is 4.68 Å². The van der Waals surface area contributed by atoms with Gasteiger partial charge in [0.25, 0.3) is 0 Å². The van der Waals surface area contributed by atoms with Crippen LogP contribution in [0.3, 0.4) is 0 Å². The van der Waals surface area contributed by atoms with Crippen LogP contribution >= 0.6 is 0 Å². The first-order chi connectivity index (χ1) is 9.83. The van der Waals surface area contributed by atoms with Crippen LogP contribution in [0.5, 0.6) is 5.75 Å². The second-order valence-corrected chi connectivity index (χ2v) is 4.19. The molecular formula is C14H12N4O2. The summed E-state index contributed by atoms with van der Waals surface area (Å²) in [6, 6.07) is 17.0. The first kappa shape index (κ1) is 12.2. The van der Waals surface area contributed by atoms with E-state index in [9.17, 15) is 4.79 Å². The molecule has 0 radical (unpaired) electrons. The Morgan fingerprint density at radius 2 is 1.80 bits per heavy atom. The van der Waals surface area contributed by atoms with E-state index in [1.54, 1.807) is 24.3 Å².